The van der Waals surface area contributed by atoms with Gasteiger partial charge in [-0.2, -0.15) is 0 Å². The molecule has 0 saturated carbocycles. The summed E-state index contributed by atoms with van der Waals surface area (Å²) in [5.41, 5.74) is 3.97. The maximum absolute atomic E-state index is 12.3. The van der Waals surface area contributed by atoms with Crippen LogP contribution in [-0.4, -0.2) is 12.9 Å². The predicted molar refractivity (Wildman–Crippen MR) is 76.9 cm³/mol. The van der Waals surface area contributed by atoms with E-state index in [-0.39, 0.29) is 5.78 Å². The number of ether oxygens (including phenoxy) is 1. The van der Waals surface area contributed by atoms with Crippen LogP contribution in [0.25, 0.3) is 0 Å². The fourth-order valence-corrected chi connectivity index (χ4v) is 2.06. The van der Waals surface area contributed by atoms with E-state index in [1.54, 1.807) is 7.11 Å². The van der Waals surface area contributed by atoms with Gasteiger partial charge < -0.3 is 4.74 Å². The average molecular weight is 254 g/mol. The highest BCUT2D eigenvalue weighted by molar-refractivity contribution is 5.98. The summed E-state index contributed by atoms with van der Waals surface area (Å²) in [5, 5.41) is 0. The van der Waals surface area contributed by atoms with E-state index in [4.69, 9.17) is 4.74 Å². The quantitative estimate of drug-likeness (QED) is 0.777. The van der Waals surface area contributed by atoms with Crippen LogP contribution in [-0.2, 0) is 6.42 Å². The number of rotatable bonds is 4. The molecular formula is C17H18O2. The number of carbonyl (C=O) groups excluding carboxylic acids is 1. The van der Waals surface area contributed by atoms with Crippen LogP contribution in [0, 0.1) is 13.8 Å². The molecule has 0 fully saturated rings. The van der Waals surface area contributed by atoms with E-state index in [0.717, 1.165) is 28.0 Å². The van der Waals surface area contributed by atoms with E-state index in [1.165, 1.54) is 0 Å². The number of hydrogen-bond donors (Lipinski definition) is 0. The maximum atomic E-state index is 12.3. The molecule has 98 valence electrons. The van der Waals surface area contributed by atoms with E-state index in [1.807, 2.05) is 56.3 Å². The van der Waals surface area contributed by atoms with E-state index < -0.39 is 0 Å². The summed E-state index contributed by atoms with van der Waals surface area (Å²) < 4.78 is 5.11. The van der Waals surface area contributed by atoms with Crippen LogP contribution in [0.1, 0.15) is 27.0 Å². The molecule has 0 unspecified atom stereocenters. The molecule has 0 bridgehead atoms. The number of benzene rings is 2. The molecule has 0 aliphatic carbocycles. The largest absolute Gasteiger partial charge is 0.497 e. The number of ketones is 1. The SMILES string of the molecule is COc1ccc(CC(=O)c2cc(C)ccc2C)cc1. The third kappa shape index (κ3) is 3.22. The minimum Gasteiger partial charge on any atom is -0.497 e. The molecule has 0 N–H and O–H groups in total. The van der Waals surface area contributed by atoms with Crippen LogP contribution in [0.15, 0.2) is 42.5 Å². The fourth-order valence-electron chi connectivity index (χ4n) is 2.06. The second-order valence-electron chi connectivity index (χ2n) is 4.77. The van der Waals surface area contributed by atoms with Crippen molar-refractivity contribution >= 4 is 5.78 Å². The van der Waals surface area contributed by atoms with Crippen molar-refractivity contribution in [2.75, 3.05) is 7.11 Å². The first kappa shape index (κ1) is 13.3. The Morgan fingerprint density at radius 2 is 1.74 bits per heavy atom. The number of hydrogen-bond acceptors (Lipinski definition) is 2. The van der Waals surface area contributed by atoms with Crippen LogP contribution in [0.2, 0.25) is 0 Å². The van der Waals surface area contributed by atoms with E-state index in [9.17, 15) is 4.79 Å². The topological polar surface area (TPSA) is 26.3 Å². The van der Waals surface area contributed by atoms with Gasteiger partial charge in [-0.05, 0) is 43.2 Å². The average Bonchev–Trinajstić information content (AvgIpc) is 2.42. The van der Waals surface area contributed by atoms with Crippen LogP contribution in [0.5, 0.6) is 5.75 Å². The molecule has 0 heterocycles. The zero-order chi connectivity index (χ0) is 13.8. The normalized spacial score (nSPS) is 10.3. The Morgan fingerprint density at radius 3 is 2.37 bits per heavy atom. The molecule has 2 aromatic rings. The molecule has 0 radical (unpaired) electrons. The fraction of sp³-hybridized carbons (Fsp3) is 0.235. The van der Waals surface area contributed by atoms with Crippen LogP contribution in [0.3, 0.4) is 0 Å². The molecule has 2 heteroatoms. The Hall–Kier alpha value is -2.09. The minimum absolute atomic E-state index is 0.159. The van der Waals surface area contributed by atoms with Crippen LogP contribution >= 0.6 is 0 Å². The minimum atomic E-state index is 0.159. The lowest BCUT2D eigenvalue weighted by Crippen LogP contribution is -2.06. The number of aryl methyl sites for hydroxylation is 2. The van der Waals surface area contributed by atoms with Crippen molar-refractivity contribution in [3.05, 3.63) is 64.7 Å². The molecular weight excluding hydrogens is 236 g/mol. The van der Waals surface area contributed by atoms with Gasteiger partial charge in [0.05, 0.1) is 7.11 Å². The molecule has 0 aromatic heterocycles. The highest BCUT2D eigenvalue weighted by Gasteiger charge is 2.10. The highest BCUT2D eigenvalue weighted by atomic mass is 16.5. The lowest BCUT2D eigenvalue weighted by molar-refractivity contribution is 0.0992. The molecule has 0 saturated heterocycles. The molecule has 2 rings (SSSR count). The van der Waals surface area contributed by atoms with Crippen molar-refractivity contribution in [2.24, 2.45) is 0 Å². The second-order valence-corrected chi connectivity index (χ2v) is 4.77. The highest BCUT2D eigenvalue weighted by Crippen LogP contribution is 2.16. The first-order chi connectivity index (χ1) is 9.10. The van der Waals surface area contributed by atoms with Crippen molar-refractivity contribution in [3.8, 4) is 5.75 Å². The molecule has 0 atom stereocenters. The summed E-state index contributed by atoms with van der Waals surface area (Å²) in [5.74, 6) is 0.967. The summed E-state index contributed by atoms with van der Waals surface area (Å²) in [6.45, 7) is 3.98. The molecule has 19 heavy (non-hydrogen) atoms. The number of methoxy groups -OCH3 is 1. The Labute approximate surface area is 114 Å². The van der Waals surface area contributed by atoms with E-state index in [0.29, 0.717) is 6.42 Å². The Balaban J connectivity index is 2.18. The van der Waals surface area contributed by atoms with Crippen LogP contribution in [0.4, 0.5) is 0 Å². The van der Waals surface area contributed by atoms with Gasteiger partial charge in [0.15, 0.2) is 5.78 Å². The van der Waals surface area contributed by atoms with Gasteiger partial charge in [0, 0.05) is 12.0 Å². The summed E-state index contributed by atoms with van der Waals surface area (Å²) in [6.07, 6.45) is 0.425. The van der Waals surface area contributed by atoms with Gasteiger partial charge in [-0.3, -0.25) is 4.79 Å². The molecule has 0 spiro atoms. The van der Waals surface area contributed by atoms with Crippen molar-refractivity contribution in [1.29, 1.82) is 0 Å². The molecule has 2 aromatic carbocycles. The van der Waals surface area contributed by atoms with Gasteiger partial charge in [0.1, 0.15) is 5.75 Å². The predicted octanol–water partition coefficient (Wildman–Crippen LogP) is 3.74. The summed E-state index contributed by atoms with van der Waals surface area (Å²) in [4.78, 5) is 12.3. The van der Waals surface area contributed by atoms with Crippen LogP contribution < -0.4 is 4.74 Å². The molecule has 0 aliphatic heterocycles. The Morgan fingerprint density at radius 1 is 1.05 bits per heavy atom. The molecule has 2 nitrogen and oxygen atoms in total. The monoisotopic (exact) mass is 254 g/mol. The van der Waals surface area contributed by atoms with Crippen molar-refractivity contribution in [1.82, 2.24) is 0 Å². The standard InChI is InChI=1S/C17H18O2/c1-12-4-5-13(2)16(10-12)17(18)11-14-6-8-15(19-3)9-7-14/h4-10H,11H2,1-3H3. The zero-order valence-electron chi connectivity index (χ0n) is 11.6. The van der Waals surface area contributed by atoms with Gasteiger partial charge in [0.2, 0.25) is 0 Å². The van der Waals surface area contributed by atoms with Crippen molar-refractivity contribution in [3.63, 3.8) is 0 Å². The first-order valence-electron chi connectivity index (χ1n) is 6.33. The zero-order valence-corrected chi connectivity index (χ0v) is 11.6. The van der Waals surface area contributed by atoms with Gasteiger partial charge in [-0.1, -0.05) is 29.8 Å². The first-order valence-corrected chi connectivity index (χ1v) is 6.33. The molecule has 0 amide bonds. The van der Waals surface area contributed by atoms with Gasteiger partial charge in [-0.25, -0.2) is 0 Å². The summed E-state index contributed by atoms with van der Waals surface area (Å²) in [6, 6.07) is 13.6. The third-order valence-electron chi connectivity index (χ3n) is 3.22. The van der Waals surface area contributed by atoms with Gasteiger partial charge in [0.25, 0.3) is 0 Å². The van der Waals surface area contributed by atoms with Crippen molar-refractivity contribution < 1.29 is 9.53 Å². The third-order valence-corrected chi connectivity index (χ3v) is 3.22. The maximum Gasteiger partial charge on any atom is 0.167 e. The van der Waals surface area contributed by atoms with Gasteiger partial charge in [-0.15, -0.1) is 0 Å². The number of Topliss-reactive ketones (excluding diaryl/α,β-unsaturated/α-hetero) is 1. The Kier molecular flexibility index (Phi) is 4.00. The smallest absolute Gasteiger partial charge is 0.167 e. The molecule has 0 aliphatic rings. The number of carbonyl (C=O) groups is 1. The van der Waals surface area contributed by atoms with E-state index >= 15 is 0 Å². The lowest BCUT2D eigenvalue weighted by Gasteiger charge is -2.07. The van der Waals surface area contributed by atoms with Crippen molar-refractivity contribution in [2.45, 2.75) is 20.3 Å². The van der Waals surface area contributed by atoms with Gasteiger partial charge >= 0.3 is 0 Å². The summed E-state index contributed by atoms with van der Waals surface area (Å²) >= 11 is 0. The lowest BCUT2D eigenvalue weighted by atomic mass is 9.97. The van der Waals surface area contributed by atoms with E-state index in [2.05, 4.69) is 0 Å². The second kappa shape index (κ2) is 5.70. The Bertz CT molecular complexity index is 583. The summed E-state index contributed by atoms with van der Waals surface area (Å²) in [7, 11) is 1.64.